The van der Waals surface area contributed by atoms with Gasteiger partial charge >= 0.3 is 0 Å². The van der Waals surface area contributed by atoms with E-state index in [4.69, 9.17) is 4.74 Å². The van der Waals surface area contributed by atoms with Crippen molar-refractivity contribution >= 4 is 0 Å². The number of ether oxygens (including phenoxy) is 1. The molecule has 84 valence electrons. The molecule has 0 saturated heterocycles. The molecule has 0 aliphatic heterocycles. The molecule has 0 aromatic heterocycles. The first-order valence-corrected chi connectivity index (χ1v) is 5.97. The highest BCUT2D eigenvalue weighted by Crippen LogP contribution is 2.31. The van der Waals surface area contributed by atoms with Crippen LogP contribution in [-0.4, -0.2) is 23.9 Å². The predicted molar refractivity (Wildman–Crippen MR) is 58.3 cm³/mol. The van der Waals surface area contributed by atoms with Gasteiger partial charge in [-0.05, 0) is 32.6 Å². The molecule has 0 amide bonds. The van der Waals surface area contributed by atoms with Crippen LogP contribution in [0.2, 0.25) is 0 Å². The molecule has 0 heterocycles. The fraction of sp³-hybridized carbons (Fsp3) is 1.00. The molecule has 2 nitrogen and oxygen atoms in total. The summed E-state index contributed by atoms with van der Waals surface area (Å²) < 4.78 is 5.34. The average Bonchev–Trinajstić information content (AvgIpc) is 2.43. The van der Waals surface area contributed by atoms with Gasteiger partial charge in [0.1, 0.15) is 0 Å². The Morgan fingerprint density at radius 1 is 1.21 bits per heavy atom. The number of rotatable bonds is 4. The summed E-state index contributed by atoms with van der Waals surface area (Å²) in [7, 11) is 0. The molecule has 0 radical (unpaired) electrons. The van der Waals surface area contributed by atoms with Crippen LogP contribution in [0, 0.1) is 5.92 Å². The molecule has 1 aliphatic rings. The third-order valence-corrected chi connectivity index (χ3v) is 3.33. The van der Waals surface area contributed by atoms with Crippen molar-refractivity contribution < 1.29 is 9.84 Å². The normalized spacial score (nSPS) is 24.2. The van der Waals surface area contributed by atoms with Crippen molar-refractivity contribution in [1.29, 1.82) is 0 Å². The SMILES string of the molecule is CCOCC(C)(O)C1CCCCCC1. The molecule has 1 fully saturated rings. The first-order valence-electron chi connectivity index (χ1n) is 5.97. The van der Waals surface area contributed by atoms with Gasteiger partial charge in [0.25, 0.3) is 0 Å². The Bertz CT molecular complexity index is 146. The van der Waals surface area contributed by atoms with E-state index in [9.17, 15) is 5.11 Å². The van der Waals surface area contributed by atoms with Gasteiger partial charge < -0.3 is 9.84 Å². The van der Waals surface area contributed by atoms with Gasteiger partial charge in [-0.15, -0.1) is 0 Å². The van der Waals surface area contributed by atoms with Crippen LogP contribution in [0.4, 0.5) is 0 Å². The van der Waals surface area contributed by atoms with Crippen LogP contribution in [0.5, 0.6) is 0 Å². The van der Waals surface area contributed by atoms with Crippen LogP contribution in [0.3, 0.4) is 0 Å². The Labute approximate surface area is 87.7 Å². The molecule has 2 heteroatoms. The Kier molecular flexibility index (Phi) is 4.90. The lowest BCUT2D eigenvalue weighted by molar-refractivity contribution is -0.0736. The minimum Gasteiger partial charge on any atom is -0.387 e. The third-order valence-electron chi connectivity index (χ3n) is 3.33. The van der Waals surface area contributed by atoms with E-state index in [1.807, 2.05) is 13.8 Å². The summed E-state index contributed by atoms with van der Waals surface area (Å²) in [5.74, 6) is 0.441. The quantitative estimate of drug-likeness (QED) is 0.707. The van der Waals surface area contributed by atoms with Crippen LogP contribution >= 0.6 is 0 Å². The highest BCUT2D eigenvalue weighted by atomic mass is 16.5. The van der Waals surface area contributed by atoms with Crippen LogP contribution in [0.1, 0.15) is 52.4 Å². The number of hydrogen-bond donors (Lipinski definition) is 1. The number of hydrogen-bond acceptors (Lipinski definition) is 2. The Morgan fingerprint density at radius 3 is 2.29 bits per heavy atom. The topological polar surface area (TPSA) is 29.5 Å². The van der Waals surface area contributed by atoms with Gasteiger partial charge in [0, 0.05) is 6.61 Å². The Hall–Kier alpha value is -0.0800. The summed E-state index contributed by atoms with van der Waals surface area (Å²) in [5, 5.41) is 10.3. The second-order valence-corrected chi connectivity index (χ2v) is 4.68. The Morgan fingerprint density at radius 2 is 1.79 bits per heavy atom. The Balaban J connectivity index is 2.41. The lowest BCUT2D eigenvalue weighted by Crippen LogP contribution is -2.39. The van der Waals surface area contributed by atoms with Crippen molar-refractivity contribution in [1.82, 2.24) is 0 Å². The fourth-order valence-corrected chi connectivity index (χ4v) is 2.33. The van der Waals surface area contributed by atoms with Crippen LogP contribution in [0.15, 0.2) is 0 Å². The zero-order valence-electron chi connectivity index (χ0n) is 9.59. The molecule has 1 N–H and O–H groups in total. The average molecular weight is 200 g/mol. The summed E-state index contributed by atoms with van der Waals surface area (Å²) in [4.78, 5) is 0. The van der Waals surface area contributed by atoms with Crippen molar-refractivity contribution in [3.05, 3.63) is 0 Å². The van der Waals surface area contributed by atoms with Crippen molar-refractivity contribution in [2.45, 2.75) is 58.0 Å². The van der Waals surface area contributed by atoms with Gasteiger partial charge in [-0.25, -0.2) is 0 Å². The molecule has 1 unspecified atom stereocenters. The monoisotopic (exact) mass is 200 g/mol. The largest absolute Gasteiger partial charge is 0.387 e. The van der Waals surface area contributed by atoms with Crippen LogP contribution < -0.4 is 0 Å². The van der Waals surface area contributed by atoms with E-state index in [-0.39, 0.29) is 0 Å². The van der Waals surface area contributed by atoms with E-state index in [0.717, 1.165) is 0 Å². The molecule has 14 heavy (non-hydrogen) atoms. The predicted octanol–water partition coefficient (Wildman–Crippen LogP) is 2.74. The fourth-order valence-electron chi connectivity index (χ4n) is 2.33. The van der Waals surface area contributed by atoms with E-state index in [1.165, 1.54) is 38.5 Å². The molecule has 0 spiro atoms. The lowest BCUT2D eigenvalue weighted by Gasteiger charge is -2.32. The summed E-state index contributed by atoms with van der Waals surface area (Å²) in [5.41, 5.74) is -0.611. The lowest BCUT2D eigenvalue weighted by atomic mass is 9.84. The first-order chi connectivity index (χ1) is 6.67. The standard InChI is InChI=1S/C12H24O2/c1-3-14-10-12(2,13)11-8-6-4-5-7-9-11/h11,13H,3-10H2,1-2H3. The minimum atomic E-state index is -0.611. The van der Waals surface area contributed by atoms with Crippen molar-refractivity contribution in [3.63, 3.8) is 0 Å². The molecule has 0 bridgehead atoms. The van der Waals surface area contributed by atoms with Crippen LogP contribution in [0.25, 0.3) is 0 Å². The van der Waals surface area contributed by atoms with E-state index < -0.39 is 5.60 Å². The van der Waals surface area contributed by atoms with Crippen molar-refractivity contribution in [3.8, 4) is 0 Å². The highest BCUT2D eigenvalue weighted by Gasteiger charge is 2.31. The molecule has 1 atom stereocenters. The van der Waals surface area contributed by atoms with Gasteiger partial charge in [0.05, 0.1) is 12.2 Å². The van der Waals surface area contributed by atoms with Gasteiger partial charge in [-0.2, -0.15) is 0 Å². The highest BCUT2D eigenvalue weighted by molar-refractivity contribution is 4.83. The second kappa shape index (κ2) is 5.72. The maximum Gasteiger partial charge on any atom is 0.0880 e. The van der Waals surface area contributed by atoms with E-state index in [1.54, 1.807) is 0 Å². The van der Waals surface area contributed by atoms with E-state index >= 15 is 0 Å². The molecule has 0 aromatic rings. The zero-order valence-corrected chi connectivity index (χ0v) is 9.59. The van der Waals surface area contributed by atoms with Gasteiger partial charge in [0.15, 0.2) is 0 Å². The van der Waals surface area contributed by atoms with E-state index in [0.29, 0.717) is 19.1 Å². The number of aliphatic hydroxyl groups is 1. The minimum absolute atomic E-state index is 0.441. The maximum absolute atomic E-state index is 10.3. The molecule has 1 rings (SSSR count). The summed E-state index contributed by atoms with van der Waals surface area (Å²) in [6, 6.07) is 0. The first kappa shape index (κ1) is 12.0. The molecular formula is C12H24O2. The van der Waals surface area contributed by atoms with Gasteiger partial charge in [-0.3, -0.25) is 0 Å². The summed E-state index contributed by atoms with van der Waals surface area (Å²) in [6.07, 6.45) is 7.54. The molecule has 1 aliphatic carbocycles. The molecular weight excluding hydrogens is 176 g/mol. The van der Waals surface area contributed by atoms with Crippen molar-refractivity contribution in [2.75, 3.05) is 13.2 Å². The smallest absolute Gasteiger partial charge is 0.0880 e. The van der Waals surface area contributed by atoms with Gasteiger partial charge in [0.2, 0.25) is 0 Å². The zero-order chi connectivity index (χ0) is 10.4. The molecule has 0 aromatic carbocycles. The maximum atomic E-state index is 10.3. The molecule has 1 saturated carbocycles. The second-order valence-electron chi connectivity index (χ2n) is 4.68. The van der Waals surface area contributed by atoms with E-state index in [2.05, 4.69) is 0 Å². The van der Waals surface area contributed by atoms with Crippen LogP contribution in [-0.2, 0) is 4.74 Å². The summed E-state index contributed by atoms with van der Waals surface area (Å²) >= 11 is 0. The third kappa shape index (κ3) is 3.58. The van der Waals surface area contributed by atoms with Gasteiger partial charge in [-0.1, -0.05) is 25.7 Å². The van der Waals surface area contributed by atoms with Crippen molar-refractivity contribution in [2.24, 2.45) is 5.92 Å². The summed E-state index contributed by atoms with van der Waals surface area (Å²) in [6.45, 7) is 5.10.